The monoisotopic (exact) mass is 274 g/mol. The fourth-order valence-electron chi connectivity index (χ4n) is 1.84. The lowest BCUT2D eigenvalue weighted by Crippen LogP contribution is -1.84. The van der Waals surface area contributed by atoms with E-state index in [1.165, 1.54) is 11.1 Å². The van der Waals surface area contributed by atoms with Crippen molar-refractivity contribution < 1.29 is 0 Å². The zero-order valence-electron chi connectivity index (χ0n) is 13.1. The summed E-state index contributed by atoms with van der Waals surface area (Å²) in [7, 11) is 0. The summed E-state index contributed by atoms with van der Waals surface area (Å²) in [6.45, 7) is 14.0. The molecule has 0 radical (unpaired) electrons. The van der Waals surface area contributed by atoms with Crippen LogP contribution in [-0.4, -0.2) is 0 Å². The van der Waals surface area contributed by atoms with Gasteiger partial charge >= 0.3 is 0 Å². The van der Waals surface area contributed by atoms with Crippen LogP contribution in [0, 0.1) is 19.3 Å². The molecule has 0 aliphatic rings. The van der Waals surface area contributed by atoms with Crippen molar-refractivity contribution in [2.24, 2.45) is 0 Å². The van der Waals surface area contributed by atoms with E-state index < -0.39 is 0 Å². The van der Waals surface area contributed by atoms with E-state index in [2.05, 4.69) is 38.1 Å². The van der Waals surface area contributed by atoms with E-state index in [0.717, 1.165) is 22.3 Å². The van der Waals surface area contributed by atoms with E-state index in [9.17, 15) is 0 Å². The lowest BCUT2D eigenvalue weighted by Gasteiger charge is -2.04. The van der Waals surface area contributed by atoms with Crippen molar-refractivity contribution in [3.05, 3.63) is 89.6 Å². The molecule has 0 spiro atoms. The van der Waals surface area contributed by atoms with Crippen molar-refractivity contribution in [2.75, 3.05) is 0 Å². The maximum Gasteiger partial charge on any atom is 0.0265 e. The Hall–Kier alpha value is -2.52. The van der Waals surface area contributed by atoms with E-state index in [1.54, 1.807) is 0 Å². The molecule has 0 aromatic heterocycles. The highest BCUT2D eigenvalue weighted by atomic mass is 14.0. The van der Waals surface area contributed by atoms with Crippen molar-refractivity contribution in [1.82, 2.24) is 0 Å². The Morgan fingerprint density at radius 1 is 1.10 bits per heavy atom. The number of terminal acetylenes is 1. The van der Waals surface area contributed by atoms with Gasteiger partial charge < -0.3 is 0 Å². The molecule has 1 aromatic rings. The molecule has 0 amide bonds. The van der Waals surface area contributed by atoms with Crippen LogP contribution < -0.4 is 0 Å². The Balaban J connectivity index is 2.86. The molecule has 0 saturated carbocycles. The van der Waals surface area contributed by atoms with E-state index >= 15 is 0 Å². The van der Waals surface area contributed by atoms with Gasteiger partial charge in [-0.3, -0.25) is 0 Å². The van der Waals surface area contributed by atoms with Crippen LogP contribution in [0.4, 0.5) is 0 Å². The highest BCUT2D eigenvalue weighted by Gasteiger charge is 1.98. The van der Waals surface area contributed by atoms with Gasteiger partial charge in [-0.05, 0) is 49.1 Å². The Kier molecular flexibility index (Phi) is 6.24. The number of hydrogen-bond acceptors (Lipinski definition) is 0. The van der Waals surface area contributed by atoms with Gasteiger partial charge in [-0.2, -0.15) is 0 Å². The second kappa shape index (κ2) is 7.92. The SMILES string of the molecule is C#C\C(=C/C=C(C)/C=C/C(=C)c1ccccc1C)C(=C)C. The molecule has 0 nitrogen and oxygen atoms in total. The summed E-state index contributed by atoms with van der Waals surface area (Å²) in [4.78, 5) is 0. The second-order valence-corrected chi connectivity index (χ2v) is 5.09. The van der Waals surface area contributed by atoms with Gasteiger partial charge in [0.15, 0.2) is 0 Å². The van der Waals surface area contributed by atoms with Crippen LogP contribution in [0.3, 0.4) is 0 Å². The maximum absolute atomic E-state index is 5.43. The second-order valence-electron chi connectivity index (χ2n) is 5.09. The smallest absolute Gasteiger partial charge is 0.0265 e. The molecule has 106 valence electrons. The molecular formula is C21H22. The summed E-state index contributed by atoms with van der Waals surface area (Å²) in [6.07, 6.45) is 13.4. The summed E-state index contributed by atoms with van der Waals surface area (Å²) in [5.74, 6) is 2.63. The van der Waals surface area contributed by atoms with Gasteiger partial charge in [0.1, 0.15) is 0 Å². The van der Waals surface area contributed by atoms with Gasteiger partial charge in [-0.15, -0.1) is 6.42 Å². The zero-order chi connectivity index (χ0) is 15.8. The van der Waals surface area contributed by atoms with Crippen LogP contribution in [0.25, 0.3) is 5.57 Å². The summed E-state index contributed by atoms with van der Waals surface area (Å²) in [5.41, 5.74) is 6.23. The summed E-state index contributed by atoms with van der Waals surface area (Å²) in [6, 6.07) is 8.23. The molecule has 1 rings (SSSR count). The first kappa shape index (κ1) is 16.5. The molecule has 0 heterocycles. The maximum atomic E-state index is 5.43. The molecule has 1 aromatic carbocycles. The Morgan fingerprint density at radius 2 is 1.76 bits per heavy atom. The molecular weight excluding hydrogens is 252 g/mol. The van der Waals surface area contributed by atoms with Crippen molar-refractivity contribution in [1.29, 1.82) is 0 Å². The third-order valence-corrected chi connectivity index (χ3v) is 3.17. The molecule has 0 saturated heterocycles. The van der Waals surface area contributed by atoms with Crippen molar-refractivity contribution in [2.45, 2.75) is 20.8 Å². The first-order chi connectivity index (χ1) is 9.95. The van der Waals surface area contributed by atoms with Gasteiger partial charge in [-0.25, -0.2) is 0 Å². The number of aryl methyl sites for hydroxylation is 1. The first-order valence-electron chi connectivity index (χ1n) is 6.89. The average molecular weight is 274 g/mol. The molecule has 0 fully saturated rings. The molecule has 0 atom stereocenters. The fourth-order valence-corrected chi connectivity index (χ4v) is 1.84. The molecule has 0 heteroatoms. The van der Waals surface area contributed by atoms with Crippen LogP contribution in [0.2, 0.25) is 0 Å². The predicted molar refractivity (Wildman–Crippen MR) is 94.8 cm³/mol. The van der Waals surface area contributed by atoms with E-state index in [1.807, 2.05) is 50.3 Å². The van der Waals surface area contributed by atoms with E-state index in [4.69, 9.17) is 6.42 Å². The third kappa shape index (κ3) is 5.16. The van der Waals surface area contributed by atoms with Crippen molar-refractivity contribution >= 4 is 5.57 Å². The van der Waals surface area contributed by atoms with Crippen LogP contribution in [-0.2, 0) is 0 Å². The van der Waals surface area contributed by atoms with E-state index in [-0.39, 0.29) is 0 Å². The minimum Gasteiger partial charge on any atom is -0.115 e. The highest BCUT2D eigenvalue weighted by molar-refractivity contribution is 5.74. The molecule has 21 heavy (non-hydrogen) atoms. The van der Waals surface area contributed by atoms with Gasteiger partial charge in [-0.1, -0.05) is 67.1 Å². The summed E-state index contributed by atoms with van der Waals surface area (Å²) >= 11 is 0. The Morgan fingerprint density at radius 3 is 2.33 bits per heavy atom. The molecule has 0 N–H and O–H groups in total. The number of benzene rings is 1. The van der Waals surface area contributed by atoms with Gasteiger partial charge in [0.2, 0.25) is 0 Å². The normalized spacial score (nSPS) is 12.3. The van der Waals surface area contributed by atoms with E-state index in [0.29, 0.717) is 0 Å². The first-order valence-corrected chi connectivity index (χ1v) is 6.89. The van der Waals surface area contributed by atoms with Gasteiger partial charge in [0.25, 0.3) is 0 Å². The fraction of sp³-hybridized carbons (Fsp3) is 0.143. The van der Waals surface area contributed by atoms with Gasteiger partial charge in [0, 0.05) is 5.57 Å². The minimum atomic E-state index is 0.820. The Labute approximate surface area is 128 Å². The number of allylic oxidation sites excluding steroid dienone is 8. The molecule has 0 aliphatic carbocycles. The lowest BCUT2D eigenvalue weighted by molar-refractivity contribution is 1.43. The van der Waals surface area contributed by atoms with Crippen LogP contribution in [0.5, 0.6) is 0 Å². The van der Waals surface area contributed by atoms with Crippen molar-refractivity contribution in [3.63, 3.8) is 0 Å². The predicted octanol–water partition coefficient (Wildman–Crippen LogP) is 5.65. The lowest BCUT2D eigenvalue weighted by atomic mass is 10.0. The third-order valence-electron chi connectivity index (χ3n) is 3.17. The quantitative estimate of drug-likeness (QED) is 0.481. The summed E-state index contributed by atoms with van der Waals surface area (Å²) < 4.78 is 0. The van der Waals surface area contributed by atoms with Crippen LogP contribution in [0.1, 0.15) is 25.0 Å². The largest absolute Gasteiger partial charge is 0.115 e. The minimum absolute atomic E-state index is 0.820. The molecule has 0 aliphatic heterocycles. The van der Waals surface area contributed by atoms with Crippen molar-refractivity contribution in [3.8, 4) is 12.3 Å². The standard InChI is InChI=1S/C21H22/c1-7-20(16(2)3)15-13-17(4)12-14-19(6)21-11-9-8-10-18(21)5/h1,8-15H,2,6H2,3-5H3/b14-12+,17-13+,20-15+. The molecule has 0 bridgehead atoms. The summed E-state index contributed by atoms with van der Waals surface area (Å²) in [5, 5.41) is 0. The topological polar surface area (TPSA) is 0 Å². The van der Waals surface area contributed by atoms with Crippen LogP contribution in [0.15, 0.2) is 78.4 Å². The number of hydrogen-bond donors (Lipinski definition) is 0. The highest BCUT2D eigenvalue weighted by Crippen LogP contribution is 2.18. The Bertz CT molecular complexity index is 670. The molecule has 0 unspecified atom stereocenters. The average Bonchev–Trinajstić information content (AvgIpc) is 2.45. The van der Waals surface area contributed by atoms with Gasteiger partial charge in [0.05, 0.1) is 0 Å². The number of rotatable bonds is 5. The van der Waals surface area contributed by atoms with Crippen LogP contribution >= 0.6 is 0 Å². The zero-order valence-corrected chi connectivity index (χ0v) is 13.1.